The van der Waals surface area contributed by atoms with Crippen molar-refractivity contribution in [3.05, 3.63) is 63.1 Å². The molecule has 0 atom stereocenters. The quantitative estimate of drug-likeness (QED) is 0.559. The zero-order chi connectivity index (χ0) is 17.2. The Morgan fingerprint density at radius 3 is 2.30 bits per heavy atom. The highest BCUT2D eigenvalue weighted by Crippen LogP contribution is 2.31. The molecule has 0 N–H and O–H groups in total. The topological polar surface area (TPSA) is 9.23 Å². The molecule has 3 heteroatoms. The van der Waals surface area contributed by atoms with Crippen molar-refractivity contribution >= 4 is 25.0 Å². The van der Waals surface area contributed by atoms with E-state index in [1.165, 1.54) is 22.3 Å². The van der Waals surface area contributed by atoms with E-state index in [4.69, 9.17) is 4.43 Å². The van der Waals surface area contributed by atoms with Crippen molar-refractivity contribution in [3.63, 3.8) is 0 Å². The van der Waals surface area contributed by atoms with Gasteiger partial charge in [0.15, 0.2) is 0 Å². The Hall–Kier alpha value is -1.06. The van der Waals surface area contributed by atoms with Gasteiger partial charge in [-0.25, -0.2) is 0 Å². The van der Waals surface area contributed by atoms with Crippen molar-refractivity contribution in [2.45, 2.75) is 52.6 Å². The maximum absolute atomic E-state index is 6.21. The molecule has 0 aliphatic heterocycles. The van der Waals surface area contributed by atoms with Gasteiger partial charge in [-0.3, -0.25) is 0 Å². The average Bonchev–Trinajstić information content (AvgIpc) is 2.43. The number of rotatable bonds is 4. The molecule has 0 heterocycles. The third-order valence-electron chi connectivity index (χ3n) is 3.94. The highest BCUT2D eigenvalue weighted by molar-refractivity contribution is 9.10. The minimum atomic E-state index is -0.789. The molecular formula is C20H26BrOSi. The first kappa shape index (κ1) is 18.3. The standard InChI is InChI=1S/C20H26BrOSi/c1-14-7-10-18(21)12-16(14)11-15-8-9-17(20(2,3)4)13-19(15)22-23(5)6/h7-10,12-13H,11H2,1-6H3. The fraction of sp³-hybridized carbons (Fsp3) is 0.400. The summed E-state index contributed by atoms with van der Waals surface area (Å²) < 4.78 is 7.34. The summed E-state index contributed by atoms with van der Waals surface area (Å²) in [7, 11) is -0.789. The first-order valence-electron chi connectivity index (χ1n) is 8.03. The van der Waals surface area contributed by atoms with Crippen molar-refractivity contribution in [2.75, 3.05) is 0 Å². The summed E-state index contributed by atoms with van der Waals surface area (Å²) >= 11 is 3.58. The molecule has 123 valence electrons. The van der Waals surface area contributed by atoms with Crippen LogP contribution in [-0.4, -0.2) is 9.04 Å². The van der Waals surface area contributed by atoms with E-state index in [0.717, 1.165) is 16.6 Å². The summed E-state index contributed by atoms with van der Waals surface area (Å²) in [5.74, 6) is 1.05. The Morgan fingerprint density at radius 1 is 1.00 bits per heavy atom. The van der Waals surface area contributed by atoms with E-state index in [1.54, 1.807) is 0 Å². The Kier molecular flexibility index (Phi) is 5.74. The zero-order valence-corrected chi connectivity index (χ0v) is 17.5. The van der Waals surface area contributed by atoms with Gasteiger partial charge in [-0.05, 0) is 65.9 Å². The molecule has 1 radical (unpaired) electrons. The van der Waals surface area contributed by atoms with Gasteiger partial charge in [0.05, 0.1) is 0 Å². The van der Waals surface area contributed by atoms with Crippen LogP contribution >= 0.6 is 15.9 Å². The van der Waals surface area contributed by atoms with Crippen molar-refractivity contribution < 1.29 is 4.43 Å². The molecule has 0 bridgehead atoms. The SMILES string of the molecule is Cc1ccc(Br)cc1Cc1ccc(C(C)(C)C)cc1O[Si](C)C. The maximum atomic E-state index is 6.21. The fourth-order valence-electron chi connectivity index (χ4n) is 2.52. The van der Waals surface area contributed by atoms with Gasteiger partial charge in [0.1, 0.15) is 5.75 Å². The molecule has 2 aromatic carbocycles. The highest BCUT2D eigenvalue weighted by Gasteiger charge is 2.17. The van der Waals surface area contributed by atoms with Crippen LogP contribution in [0.1, 0.15) is 43.0 Å². The van der Waals surface area contributed by atoms with E-state index in [-0.39, 0.29) is 5.41 Å². The van der Waals surface area contributed by atoms with Crippen LogP contribution in [0, 0.1) is 6.92 Å². The number of aryl methyl sites for hydroxylation is 1. The summed E-state index contributed by atoms with van der Waals surface area (Å²) in [4.78, 5) is 0. The van der Waals surface area contributed by atoms with Gasteiger partial charge in [-0.1, -0.05) is 54.9 Å². The van der Waals surface area contributed by atoms with Crippen molar-refractivity contribution in [2.24, 2.45) is 0 Å². The maximum Gasteiger partial charge on any atom is 0.274 e. The smallest absolute Gasteiger partial charge is 0.274 e. The van der Waals surface area contributed by atoms with Crippen molar-refractivity contribution in [1.82, 2.24) is 0 Å². The third kappa shape index (κ3) is 4.95. The summed E-state index contributed by atoms with van der Waals surface area (Å²) in [6.45, 7) is 13.3. The molecule has 0 fully saturated rings. The van der Waals surface area contributed by atoms with Crippen molar-refractivity contribution in [1.29, 1.82) is 0 Å². The molecule has 0 aliphatic rings. The molecule has 0 aromatic heterocycles. The van der Waals surface area contributed by atoms with E-state index >= 15 is 0 Å². The Labute approximate surface area is 150 Å². The molecule has 2 aromatic rings. The van der Waals surface area contributed by atoms with E-state index in [2.05, 4.69) is 93.1 Å². The average molecular weight is 390 g/mol. The third-order valence-corrected chi connectivity index (χ3v) is 5.06. The zero-order valence-electron chi connectivity index (χ0n) is 15.0. The molecule has 0 aliphatic carbocycles. The molecule has 23 heavy (non-hydrogen) atoms. The summed E-state index contributed by atoms with van der Waals surface area (Å²) in [5.41, 5.74) is 5.39. The predicted octanol–water partition coefficient (Wildman–Crippen LogP) is 6.28. The molecule has 0 spiro atoms. The van der Waals surface area contributed by atoms with Gasteiger partial charge in [0.25, 0.3) is 9.04 Å². The lowest BCUT2D eigenvalue weighted by molar-refractivity contribution is 0.555. The lowest BCUT2D eigenvalue weighted by atomic mass is 9.86. The van der Waals surface area contributed by atoms with E-state index < -0.39 is 9.04 Å². The Balaban J connectivity index is 2.42. The van der Waals surface area contributed by atoms with Gasteiger partial charge in [0.2, 0.25) is 0 Å². The van der Waals surface area contributed by atoms with E-state index in [1.807, 2.05) is 0 Å². The van der Waals surface area contributed by atoms with Crippen LogP contribution in [0.3, 0.4) is 0 Å². The van der Waals surface area contributed by atoms with Gasteiger partial charge < -0.3 is 4.43 Å². The second-order valence-corrected chi connectivity index (χ2v) is 10.3. The van der Waals surface area contributed by atoms with Crippen molar-refractivity contribution in [3.8, 4) is 5.75 Å². The monoisotopic (exact) mass is 389 g/mol. The van der Waals surface area contributed by atoms with Gasteiger partial charge in [-0.15, -0.1) is 0 Å². The van der Waals surface area contributed by atoms with Crippen LogP contribution in [0.15, 0.2) is 40.9 Å². The van der Waals surface area contributed by atoms with Crippen LogP contribution in [0.2, 0.25) is 13.1 Å². The Bertz CT molecular complexity index is 687. The van der Waals surface area contributed by atoms with E-state index in [9.17, 15) is 0 Å². The van der Waals surface area contributed by atoms with E-state index in [0.29, 0.717) is 0 Å². The summed E-state index contributed by atoms with van der Waals surface area (Å²) in [6.07, 6.45) is 0.903. The largest absolute Gasteiger partial charge is 0.542 e. The number of benzene rings is 2. The number of halogens is 1. The van der Waals surface area contributed by atoms with Crippen LogP contribution in [-0.2, 0) is 11.8 Å². The second kappa shape index (κ2) is 7.23. The molecule has 2 rings (SSSR count). The molecule has 1 nitrogen and oxygen atoms in total. The van der Waals surface area contributed by atoms with Crippen LogP contribution in [0.5, 0.6) is 5.75 Å². The lowest BCUT2D eigenvalue weighted by Gasteiger charge is -2.22. The normalized spacial score (nSPS) is 11.8. The number of hydrogen-bond acceptors (Lipinski definition) is 1. The first-order valence-corrected chi connectivity index (χ1v) is 11.2. The fourth-order valence-corrected chi connectivity index (χ4v) is 3.56. The molecule has 0 saturated carbocycles. The van der Waals surface area contributed by atoms with Gasteiger partial charge in [-0.2, -0.15) is 0 Å². The molecule has 0 unspecified atom stereocenters. The van der Waals surface area contributed by atoms with Gasteiger partial charge >= 0.3 is 0 Å². The molecule has 0 saturated heterocycles. The molecular weight excluding hydrogens is 364 g/mol. The van der Waals surface area contributed by atoms with Crippen LogP contribution in [0.25, 0.3) is 0 Å². The van der Waals surface area contributed by atoms with Gasteiger partial charge in [0, 0.05) is 10.9 Å². The highest BCUT2D eigenvalue weighted by atomic mass is 79.9. The minimum absolute atomic E-state index is 0.136. The molecule has 0 amide bonds. The summed E-state index contributed by atoms with van der Waals surface area (Å²) in [6, 6.07) is 13.2. The van der Waals surface area contributed by atoms with Crippen LogP contribution in [0.4, 0.5) is 0 Å². The van der Waals surface area contributed by atoms with Crippen LogP contribution < -0.4 is 4.43 Å². The summed E-state index contributed by atoms with van der Waals surface area (Å²) in [5, 5.41) is 0. The number of hydrogen-bond donors (Lipinski definition) is 0. The predicted molar refractivity (Wildman–Crippen MR) is 105 cm³/mol. The first-order chi connectivity index (χ1) is 10.7. The minimum Gasteiger partial charge on any atom is -0.542 e. The lowest BCUT2D eigenvalue weighted by Crippen LogP contribution is -2.16. The Morgan fingerprint density at radius 2 is 1.70 bits per heavy atom. The second-order valence-electron chi connectivity index (χ2n) is 7.33.